The van der Waals surface area contributed by atoms with Crippen molar-refractivity contribution in [1.82, 2.24) is 4.57 Å². The zero-order valence-electron chi connectivity index (χ0n) is 16.5. The molecule has 1 aromatic heterocycles. The predicted octanol–water partition coefficient (Wildman–Crippen LogP) is 5.27. The number of hydrogen-bond acceptors (Lipinski definition) is 1. The van der Waals surface area contributed by atoms with Gasteiger partial charge in [-0.2, -0.15) is 13.2 Å². The second-order valence-electron chi connectivity index (χ2n) is 7.67. The Morgan fingerprint density at radius 1 is 1.17 bits per heavy atom. The van der Waals surface area contributed by atoms with Crippen molar-refractivity contribution in [3.05, 3.63) is 58.4 Å². The fourth-order valence-corrected chi connectivity index (χ4v) is 4.23. The number of amides is 1. The summed E-state index contributed by atoms with van der Waals surface area (Å²) in [5.41, 5.74) is 1.90. The van der Waals surface area contributed by atoms with Gasteiger partial charge in [0.25, 0.3) is 11.7 Å². The molecular formula is C22H22ClF3N3O+. The van der Waals surface area contributed by atoms with Crippen LogP contribution in [0.1, 0.15) is 36.2 Å². The van der Waals surface area contributed by atoms with Crippen LogP contribution in [-0.4, -0.2) is 10.5 Å². The molecule has 1 aliphatic rings. The molecule has 0 fully saturated rings. The number of alkyl halides is 3. The maximum atomic E-state index is 13.3. The van der Waals surface area contributed by atoms with Crippen LogP contribution in [0.2, 0.25) is 5.02 Å². The Morgan fingerprint density at radius 3 is 2.73 bits per heavy atom. The van der Waals surface area contributed by atoms with Crippen molar-refractivity contribution in [3.8, 4) is 0 Å². The third-order valence-electron chi connectivity index (χ3n) is 5.57. The second kappa shape index (κ2) is 7.95. The van der Waals surface area contributed by atoms with Crippen LogP contribution in [0.4, 0.5) is 18.9 Å². The standard InChI is InChI=1S/C22H21ClF3N3O/c1-14-6-8-16(23)12-17(14)27-20(30)13-29-19-11-15(22(24,25)26)7-9-18(19)28-10-4-2-3-5-21(28)29/h6-9,11-12H,2-5,10,13H2,1H3/p+1. The van der Waals surface area contributed by atoms with Crippen LogP contribution in [-0.2, 0) is 30.5 Å². The van der Waals surface area contributed by atoms with E-state index in [1.165, 1.54) is 6.07 Å². The lowest BCUT2D eigenvalue weighted by atomic mass is 10.1. The van der Waals surface area contributed by atoms with Gasteiger partial charge in [0.2, 0.25) is 0 Å². The summed E-state index contributed by atoms with van der Waals surface area (Å²) >= 11 is 6.03. The average molecular weight is 437 g/mol. The van der Waals surface area contributed by atoms with Gasteiger partial charge in [-0.15, -0.1) is 0 Å². The van der Waals surface area contributed by atoms with E-state index in [1.807, 2.05) is 6.92 Å². The normalized spacial score (nSPS) is 14.4. The number of nitrogens with zero attached hydrogens (tertiary/aromatic N) is 2. The molecule has 0 saturated heterocycles. The molecule has 0 atom stereocenters. The van der Waals surface area contributed by atoms with E-state index < -0.39 is 11.7 Å². The molecule has 0 unspecified atom stereocenters. The Labute approximate surface area is 177 Å². The molecule has 1 amide bonds. The Kier molecular flexibility index (Phi) is 5.49. The number of imidazole rings is 1. The molecule has 2 aromatic carbocycles. The molecule has 2 heterocycles. The van der Waals surface area contributed by atoms with E-state index >= 15 is 0 Å². The number of aryl methyl sites for hydroxylation is 2. The lowest BCUT2D eigenvalue weighted by Gasteiger charge is -2.09. The van der Waals surface area contributed by atoms with Gasteiger partial charge >= 0.3 is 6.18 Å². The maximum Gasteiger partial charge on any atom is 0.416 e. The van der Waals surface area contributed by atoms with Crippen molar-refractivity contribution in [2.24, 2.45) is 0 Å². The molecule has 1 aliphatic heterocycles. The van der Waals surface area contributed by atoms with Crippen LogP contribution in [0.25, 0.3) is 11.0 Å². The van der Waals surface area contributed by atoms with Crippen molar-refractivity contribution in [1.29, 1.82) is 0 Å². The second-order valence-corrected chi connectivity index (χ2v) is 8.11. The fourth-order valence-electron chi connectivity index (χ4n) is 4.06. The van der Waals surface area contributed by atoms with Crippen molar-refractivity contribution >= 4 is 34.2 Å². The van der Waals surface area contributed by atoms with E-state index in [4.69, 9.17) is 11.6 Å². The monoisotopic (exact) mass is 436 g/mol. The molecule has 0 bridgehead atoms. The molecule has 4 nitrogen and oxygen atoms in total. The van der Waals surface area contributed by atoms with Crippen LogP contribution in [0.15, 0.2) is 36.4 Å². The minimum atomic E-state index is -4.44. The first-order chi connectivity index (χ1) is 14.2. The largest absolute Gasteiger partial charge is 0.416 e. The Hall–Kier alpha value is -2.54. The van der Waals surface area contributed by atoms with E-state index in [0.717, 1.165) is 61.3 Å². The van der Waals surface area contributed by atoms with Crippen LogP contribution in [0, 0.1) is 6.92 Å². The van der Waals surface area contributed by atoms with E-state index in [0.29, 0.717) is 16.2 Å². The molecule has 0 saturated carbocycles. The van der Waals surface area contributed by atoms with Crippen molar-refractivity contribution < 1.29 is 22.5 Å². The van der Waals surface area contributed by atoms with Gasteiger partial charge in [0.05, 0.1) is 12.1 Å². The minimum absolute atomic E-state index is 0.0634. The third kappa shape index (κ3) is 4.03. The number of aromatic nitrogens is 2. The fraction of sp³-hybridized carbons (Fsp3) is 0.364. The first-order valence-electron chi connectivity index (χ1n) is 9.92. The van der Waals surface area contributed by atoms with Gasteiger partial charge in [0.1, 0.15) is 0 Å². The minimum Gasteiger partial charge on any atom is -0.322 e. The highest BCUT2D eigenvalue weighted by atomic mass is 35.5. The van der Waals surface area contributed by atoms with Crippen LogP contribution < -0.4 is 9.88 Å². The molecular weight excluding hydrogens is 415 g/mol. The van der Waals surface area contributed by atoms with Crippen LogP contribution in [0.5, 0.6) is 0 Å². The van der Waals surface area contributed by atoms with Gasteiger partial charge in [-0.05, 0) is 56.0 Å². The lowest BCUT2D eigenvalue weighted by molar-refractivity contribution is -0.678. The number of fused-ring (bicyclic) bond motifs is 3. The Bertz CT molecular complexity index is 1120. The summed E-state index contributed by atoms with van der Waals surface area (Å²) in [4.78, 5) is 12.8. The smallest absolute Gasteiger partial charge is 0.322 e. The number of rotatable bonds is 3. The molecule has 3 aromatic rings. The number of carbonyl (C=O) groups is 1. The predicted molar refractivity (Wildman–Crippen MR) is 110 cm³/mol. The molecule has 158 valence electrons. The van der Waals surface area contributed by atoms with Gasteiger partial charge < -0.3 is 5.32 Å². The van der Waals surface area contributed by atoms with Gasteiger partial charge in [-0.1, -0.05) is 17.7 Å². The summed E-state index contributed by atoms with van der Waals surface area (Å²) in [7, 11) is 0. The summed E-state index contributed by atoms with van der Waals surface area (Å²) in [6.45, 7) is 2.53. The number of halogens is 4. The van der Waals surface area contributed by atoms with E-state index in [1.54, 1.807) is 22.8 Å². The summed E-state index contributed by atoms with van der Waals surface area (Å²) in [5, 5.41) is 3.35. The highest BCUT2D eigenvalue weighted by Gasteiger charge is 2.34. The molecule has 30 heavy (non-hydrogen) atoms. The number of anilines is 1. The van der Waals surface area contributed by atoms with Crippen LogP contribution in [0.3, 0.4) is 0 Å². The van der Waals surface area contributed by atoms with E-state index in [-0.39, 0.29) is 12.5 Å². The molecule has 8 heteroatoms. The first kappa shape index (κ1) is 20.7. The highest BCUT2D eigenvalue weighted by molar-refractivity contribution is 6.31. The van der Waals surface area contributed by atoms with Gasteiger partial charge in [-0.3, -0.25) is 4.79 Å². The van der Waals surface area contributed by atoms with Crippen molar-refractivity contribution in [2.45, 2.75) is 51.9 Å². The molecule has 4 rings (SSSR count). The van der Waals surface area contributed by atoms with Crippen molar-refractivity contribution in [3.63, 3.8) is 0 Å². The van der Waals surface area contributed by atoms with Crippen LogP contribution >= 0.6 is 11.6 Å². The number of carbonyl (C=O) groups excluding carboxylic acids is 1. The summed E-state index contributed by atoms with van der Waals surface area (Å²) in [6.07, 6.45) is -0.758. The van der Waals surface area contributed by atoms with E-state index in [2.05, 4.69) is 9.88 Å². The summed E-state index contributed by atoms with van der Waals surface area (Å²) in [5.74, 6) is 0.585. The average Bonchev–Trinajstić information content (AvgIpc) is 2.83. The lowest BCUT2D eigenvalue weighted by Crippen LogP contribution is -2.37. The van der Waals surface area contributed by atoms with Crippen molar-refractivity contribution in [2.75, 3.05) is 5.32 Å². The highest BCUT2D eigenvalue weighted by Crippen LogP contribution is 2.32. The third-order valence-corrected chi connectivity index (χ3v) is 5.80. The number of benzene rings is 2. The maximum absolute atomic E-state index is 13.3. The Morgan fingerprint density at radius 2 is 1.97 bits per heavy atom. The van der Waals surface area contributed by atoms with Gasteiger partial charge in [0, 0.05) is 23.2 Å². The zero-order chi connectivity index (χ0) is 21.5. The first-order valence-corrected chi connectivity index (χ1v) is 10.3. The quantitative estimate of drug-likeness (QED) is 0.558. The number of nitrogens with one attached hydrogen (secondary N) is 1. The Balaban J connectivity index is 1.75. The topological polar surface area (TPSA) is 37.9 Å². The van der Waals surface area contributed by atoms with Gasteiger partial charge in [-0.25, -0.2) is 9.13 Å². The summed E-state index contributed by atoms with van der Waals surface area (Å²) < 4.78 is 43.7. The summed E-state index contributed by atoms with van der Waals surface area (Å²) in [6, 6.07) is 8.98. The molecule has 0 spiro atoms. The number of hydrogen-bond donors (Lipinski definition) is 1. The molecule has 1 N–H and O–H groups in total. The zero-order valence-corrected chi connectivity index (χ0v) is 17.3. The molecule has 0 aliphatic carbocycles. The van der Waals surface area contributed by atoms with E-state index in [9.17, 15) is 18.0 Å². The van der Waals surface area contributed by atoms with Gasteiger partial charge in [0.15, 0.2) is 17.6 Å². The molecule has 0 radical (unpaired) electrons. The SMILES string of the molecule is Cc1ccc(Cl)cc1NC(=O)Cn1c2[n+](c3ccc(C(F)(F)F)cc31)CCCCC2.